The molecule has 31 heavy (non-hydrogen) atoms. The van der Waals surface area contributed by atoms with Crippen molar-refractivity contribution < 1.29 is 0 Å². The highest BCUT2D eigenvalue weighted by Crippen LogP contribution is 2.37. The Morgan fingerprint density at radius 3 is 2.45 bits per heavy atom. The number of H-pyrrole nitrogens is 2. The van der Waals surface area contributed by atoms with Gasteiger partial charge in [-0.3, -0.25) is 4.79 Å². The second-order valence-electron chi connectivity index (χ2n) is 7.46. The fourth-order valence-corrected chi connectivity index (χ4v) is 4.23. The molecule has 2 heterocycles. The number of hydrogen-bond donors (Lipinski definition) is 3. The van der Waals surface area contributed by atoms with Crippen molar-refractivity contribution in [1.82, 2.24) is 15.0 Å². The molecule has 4 N–H and O–H groups in total. The van der Waals surface area contributed by atoms with Gasteiger partial charge >= 0.3 is 0 Å². The van der Waals surface area contributed by atoms with Crippen molar-refractivity contribution in [2.75, 3.05) is 0 Å². The van der Waals surface area contributed by atoms with Crippen LogP contribution in [0.25, 0.3) is 22.0 Å². The lowest BCUT2D eigenvalue weighted by molar-refractivity contribution is 0.634. The third-order valence-electron chi connectivity index (χ3n) is 5.59. The Morgan fingerprint density at radius 2 is 1.71 bits per heavy atom. The molecule has 0 saturated carbocycles. The van der Waals surface area contributed by atoms with Gasteiger partial charge in [0.2, 0.25) is 5.56 Å². The second kappa shape index (κ2) is 7.54. The molecule has 0 aliphatic rings. The van der Waals surface area contributed by atoms with Crippen molar-refractivity contribution in [2.24, 2.45) is 5.73 Å². The zero-order valence-corrected chi connectivity index (χ0v) is 17.2. The van der Waals surface area contributed by atoms with Crippen molar-refractivity contribution in [3.63, 3.8) is 0 Å². The van der Waals surface area contributed by atoms with E-state index in [2.05, 4.69) is 15.0 Å². The quantitative estimate of drug-likeness (QED) is 0.385. The number of rotatable bonds is 4. The van der Waals surface area contributed by atoms with E-state index < -0.39 is 5.54 Å². The number of nitrogens with zero attached hydrogens (tertiary/aromatic N) is 1. The summed E-state index contributed by atoms with van der Waals surface area (Å²) in [7, 11) is 0. The van der Waals surface area contributed by atoms with Crippen LogP contribution >= 0.6 is 11.6 Å². The van der Waals surface area contributed by atoms with Gasteiger partial charge in [-0.15, -0.1) is 0 Å². The molecule has 5 aromatic rings. The standard InChI is InChI=1S/C25H19ClN4O/c26-19-8-4-7-17(11-19)25(27,23-14-28-15-29-23)18-9-10-22-21(12-18)20(13-24(31)30-22)16-5-2-1-3-6-16/h1-15H,27H2,(H,28,29)(H,30,31). The van der Waals surface area contributed by atoms with Gasteiger partial charge < -0.3 is 15.7 Å². The zero-order valence-electron chi connectivity index (χ0n) is 16.5. The molecule has 0 spiro atoms. The summed E-state index contributed by atoms with van der Waals surface area (Å²) in [6.45, 7) is 0. The van der Waals surface area contributed by atoms with Gasteiger partial charge in [0.25, 0.3) is 0 Å². The molecular formula is C25H19ClN4O. The lowest BCUT2D eigenvalue weighted by Crippen LogP contribution is -2.39. The van der Waals surface area contributed by atoms with Crippen LogP contribution in [0.2, 0.25) is 5.02 Å². The minimum atomic E-state index is -1.01. The third kappa shape index (κ3) is 3.34. The molecular weight excluding hydrogens is 408 g/mol. The van der Waals surface area contributed by atoms with Crippen molar-refractivity contribution in [3.05, 3.63) is 124 Å². The third-order valence-corrected chi connectivity index (χ3v) is 5.82. The fourth-order valence-electron chi connectivity index (χ4n) is 4.04. The maximum absolute atomic E-state index is 12.3. The minimum Gasteiger partial charge on any atom is -0.346 e. The first kappa shape index (κ1) is 19.3. The average molecular weight is 427 g/mol. The van der Waals surface area contributed by atoms with E-state index in [-0.39, 0.29) is 5.56 Å². The lowest BCUT2D eigenvalue weighted by atomic mass is 9.80. The number of aromatic nitrogens is 3. The average Bonchev–Trinajstić information content (AvgIpc) is 3.34. The SMILES string of the molecule is NC(c1cccc(Cl)c1)(c1ccc2[nH]c(=O)cc(-c3ccccc3)c2c1)c1cnc[nH]1. The van der Waals surface area contributed by atoms with Crippen molar-refractivity contribution in [1.29, 1.82) is 0 Å². The molecule has 6 heteroatoms. The summed E-state index contributed by atoms with van der Waals surface area (Å²) in [4.78, 5) is 22.6. The second-order valence-corrected chi connectivity index (χ2v) is 7.89. The summed E-state index contributed by atoms with van der Waals surface area (Å²) >= 11 is 6.30. The largest absolute Gasteiger partial charge is 0.346 e. The molecule has 5 rings (SSSR count). The lowest BCUT2D eigenvalue weighted by Gasteiger charge is -2.30. The molecule has 0 amide bonds. The predicted octanol–water partition coefficient (Wildman–Crippen LogP) is 4.82. The number of halogens is 1. The van der Waals surface area contributed by atoms with E-state index in [9.17, 15) is 4.79 Å². The van der Waals surface area contributed by atoms with E-state index in [0.29, 0.717) is 5.02 Å². The number of fused-ring (bicyclic) bond motifs is 1. The first-order valence-electron chi connectivity index (χ1n) is 9.82. The number of nitrogens with one attached hydrogen (secondary N) is 2. The molecule has 2 aromatic heterocycles. The molecule has 0 aliphatic heterocycles. The van der Waals surface area contributed by atoms with Crippen molar-refractivity contribution in [3.8, 4) is 11.1 Å². The maximum atomic E-state index is 12.3. The predicted molar refractivity (Wildman–Crippen MR) is 124 cm³/mol. The summed E-state index contributed by atoms with van der Waals surface area (Å²) in [6.07, 6.45) is 3.32. The van der Waals surface area contributed by atoms with Crippen LogP contribution < -0.4 is 11.3 Å². The summed E-state index contributed by atoms with van der Waals surface area (Å²) < 4.78 is 0. The smallest absolute Gasteiger partial charge is 0.249 e. The number of imidazole rings is 1. The molecule has 0 radical (unpaired) electrons. The summed E-state index contributed by atoms with van der Waals surface area (Å²) in [5.74, 6) is 0. The molecule has 1 unspecified atom stereocenters. The van der Waals surface area contributed by atoms with Crippen LogP contribution in [0.5, 0.6) is 0 Å². The molecule has 0 fully saturated rings. The zero-order chi connectivity index (χ0) is 21.4. The molecule has 3 aromatic carbocycles. The van der Waals surface area contributed by atoms with Gasteiger partial charge in [0, 0.05) is 22.0 Å². The Kier molecular flexibility index (Phi) is 4.70. The van der Waals surface area contributed by atoms with Crippen LogP contribution in [-0.2, 0) is 5.54 Å². The van der Waals surface area contributed by atoms with Crippen LogP contribution in [0, 0.1) is 0 Å². The maximum Gasteiger partial charge on any atom is 0.249 e. The first-order valence-corrected chi connectivity index (χ1v) is 10.2. The highest BCUT2D eigenvalue weighted by molar-refractivity contribution is 6.30. The van der Waals surface area contributed by atoms with Gasteiger partial charge in [-0.25, -0.2) is 4.98 Å². The Bertz CT molecular complexity index is 1430. The Hall–Kier alpha value is -3.67. The van der Waals surface area contributed by atoms with Gasteiger partial charge in [-0.05, 0) is 46.5 Å². The van der Waals surface area contributed by atoms with E-state index in [0.717, 1.165) is 38.9 Å². The molecule has 5 nitrogen and oxygen atoms in total. The van der Waals surface area contributed by atoms with Crippen LogP contribution in [0.1, 0.15) is 16.8 Å². The van der Waals surface area contributed by atoms with E-state index in [4.69, 9.17) is 17.3 Å². The summed E-state index contributed by atoms with van der Waals surface area (Å²) in [6, 6.07) is 24.8. The Balaban J connectivity index is 1.80. The number of nitrogens with two attached hydrogens (primary N) is 1. The molecule has 0 bridgehead atoms. The normalized spacial score (nSPS) is 13.2. The molecule has 152 valence electrons. The van der Waals surface area contributed by atoms with E-state index in [1.807, 2.05) is 72.8 Å². The Labute approximate surface area is 183 Å². The monoisotopic (exact) mass is 426 g/mol. The molecule has 1 atom stereocenters. The molecule has 0 saturated heterocycles. The van der Waals surface area contributed by atoms with Crippen LogP contribution in [0.4, 0.5) is 0 Å². The van der Waals surface area contributed by atoms with Gasteiger partial charge in [0.05, 0.1) is 18.2 Å². The van der Waals surface area contributed by atoms with Gasteiger partial charge in [-0.1, -0.05) is 60.1 Å². The fraction of sp³-hybridized carbons (Fsp3) is 0.0400. The van der Waals surface area contributed by atoms with Crippen molar-refractivity contribution >= 4 is 22.5 Å². The first-order chi connectivity index (χ1) is 15.1. The van der Waals surface area contributed by atoms with Gasteiger partial charge in [0.1, 0.15) is 5.54 Å². The van der Waals surface area contributed by atoms with Gasteiger partial charge in [0.15, 0.2) is 0 Å². The van der Waals surface area contributed by atoms with Crippen molar-refractivity contribution in [2.45, 2.75) is 5.54 Å². The van der Waals surface area contributed by atoms with E-state index in [1.54, 1.807) is 18.6 Å². The van der Waals surface area contributed by atoms with Crippen LogP contribution in [0.3, 0.4) is 0 Å². The number of pyridine rings is 1. The number of hydrogen-bond acceptors (Lipinski definition) is 3. The molecule has 0 aliphatic carbocycles. The van der Waals surface area contributed by atoms with Crippen LogP contribution in [0.15, 0.2) is 96.2 Å². The van der Waals surface area contributed by atoms with Crippen LogP contribution in [-0.4, -0.2) is 15.0 Å². The Morgan fingerprint density at radius 1 is 0.903 bits per heavy atom. The van der Waals surface area contributed by atoms with E-state index in [1.165, 1.54) is 0 Å². The van der Waals surface area contributed by atoms with Gasteiger partial charge in [-0.2, -0.15) is 0 Å². The summed E-state index contributed by atoms with van der Waals surface area (Å²) in [5.41, 5.74) is 10.9. The number of benzene rings is 3. The number of aromatic amines is 2. The summed E-state index contributed by atoms with van der Waals surface area (Å²) in [5, 5.41) is 1.50. The highest BCUT2D eigenvalue weighted by atomic mass is 35.5. The van der Waals surface area contributed by atoms with E-state index >= 15 is 0 Å². The topological polar surface area (TPSA) is 87.6 Å². The minimum absolute atomic E-state index is 0.151. The highest BCUT2D eigenvalue weighted by Gasteiger charge is 2.34.